The first-order valence-electron chi connectivity index (χ1n) is 6.95. The molecule has 0 saturated carbocycles. The number of aromatic nitrogens is 4. The summed E-state index contributed by atoms with van der Waals surface area (Å²) in [5, 5.41) is 3.76. The SMILES string of the molecule is Cc1ncc2c(C(N)=O)c(N)n(-c3c(Cl)ccc4csnc34)c2n1. The third-order valence-electron chi connectivity index (χ3n) is 3.79. The number of anilines is 1. The van der Waals surface area contributed by atoms with Gasteiger partial charge in [0.05, 0.1) is 21.7 Å². The second-order valence-corrected chi connectivity index (χ2v) is 6.30. The first-order valence-corrected chi connectivity index (χ1v) is 8.16. The van der Waals surface area contributed by atoms with Gasteiger partial charge in [0, 0.05) is 17.0 Å². The average Bonchev–Trinajstić information content (AvgIpc) is 3.10. The molecule has 1 amide bonds. The zero-order valence-corrected chi connectivity index (χ0v) is 14.0. The Morgan fingerprint density at radius 3 is 2.92 bits per heavy atom. The van der Waals surface area contributed by atoms with Crippen molar-refractivity contribution < 1.29 is 4.79 Å². The molecule has 0 radical (unpaired) electrons. The minimum Gasteiger partial charge on any atom is -0.384 e. The molecule has 0 bridgehead atoms. The Kier molecular flexibility index (Phi) is 3.19. The summed E-state index contributed by atoms with van der Waals surface area (Å²) in [6.07, 6.45) is 1.54. The van der Waals surface area contributed by atoms with E-state index < -0.39 is 5.91 Å². The van der Waals surface area contributed by atoms with Crippen molar-refractivity contribution in [2.45, 2.75) is 6.92 Å². The smallest absolute Gasteiger partial charge is 0.253 e. The Bertz CT molecular complexity index is 1130. The summed E-state index contributed by atoms with van der Waals surface area (Å²) in [5.74, 6) is 0.0592. The molecule has 0 fully saturated rings. The van der Waals surface area contributed by atoms with E-state index in [2.05, 4.69) is 14.3 Å². The lowest BCUT2D eigenvalue weighted by Crippen LogP contribution is -2.13. The zero-order valence-electron chi connectivity index (χ0n) is 12.4. The van der Waals surface area contributed by atoms with Crippen LogP contribution in [0.15, 0.2) is 23.7 Å². The molecular formula is C15H11ClN6OS. The summed E-state index contributed by atoms with van der Waals surface area (Å²) in [7, 11) is 0. The summed E-state index contributed by atoms with van der Waals surface area (Å²) in [6, 6.07) is 3.64. The maximum atomic E-state index is 11.9. The number of benzene rings is 1. The van der Waals surface area contributed by atoms with Crippen LogP contribution in [-0.2, 0) is 0 Å². The highest BCUT2D eigenvalue weighted by Gasteiger charge is 2.24. The quantitative estimate of drug-likeness (QED) is 0.572. The highest BCUT2D eigenvalue weighted by molar-refractivity contribution is 7.04. The first-order chi connectivity index (χ1) is 11.5. The van der Waals surface area contributed by atoms with Gasteiger partial charge in [0.2, 0.25) is 0 Å². The van der Waals surface area contributed by atoms with Crippen molar-refractivity contribution in [3.63, 3.8) is 0 Å². The van der Waals surface area contributed by atoms with Crippen LogP contribution in [0, 0.1) is 6.92 Å². The summed E-state index contributed by atoms with van der Waals surface area (Å²) >= 11 is 7.74. The summed E-state index contributed by atoms with van der Waals surface area (Å²) in [5.41, 5.74) is 13.6. The lowest BCUT2D eigenvalue weighted by molar-refractivity contribution is 0.100. The highest BCUT2D eigenvalue weighted by Crippen LogP contribution is 2.36. The normalized spacial score (nSPS) is 11.4. The minimum atomic E-state index is -0.648. The van der Waals surface area contributed by atoms with Gasteiger partial charge in [-0.3, -0.25) is 9.36 Å². The monoisotopic (exact) mass is 358 g/mol. The van der Waals surface area contributed by atoms with Crippen LogP contribution in [0.25, 0.3) is 27.6 Å². The molecule has 0 aliphatic heterocycles. The topological polar surface area (TPSA) is 113 Å². The minimum absolute atomic E-state index is 0.166. The van der Waals surface area contributed by atoms with Crippen molar-refractivity contribution in [1.82, 2.24) is 18.9 Å². The summed E-state index contributed by atoms with van der Waals surface area (Å²) in [4.78, 5) is 20.5. The largest absolute Gasteiger partial charge is 0.384 e. The van der Waals surface area contributed by atoms with Crippen molar-refractivity contribution in [3.8, 4) is 5.69 Å². The van der Waals surface area contributed by atoms with E-state index in [1.807, 2.05) is 11.4 Å². The molecule has 4 N–H and O–H groups in total. The number of hydrogen-bond acceptors (Lipinski definition) is 6. The van der Waals surface area contributed by atoms with E-state index in [1.165, 1.54) is 11.5 Å². The fourth-order valence-electron chi connectivity index (χ4n) is 2.76. The number of aryl methyl sites for hydroxylation is 1. The fourth-order valence-corrected chi connectivity index (χ4v) is 3.66. The molecule has 0 saturated heterocycles. The number of carbonyl (C=O) groups is 1. The maximum Gasteiger partial charge on any atom is 0.253 e. The average molecular weight is 359 g/mol. The number of nitrogens with zero attached hydrogens (tertiary/aromatic N) is 4. The Morgan fingerprint density at radius 2 is 2.17 bits per heavy atom. The summed E-state index contributed by atoms with van der Waals surface area (Å²) in [6.45, 7) is 1.75. The number of halogens is 1. The predicted molar refractivity (Wildman–Crippen MR) is 94.7 cm³/mol. The maximum absolute atomic E-state index is 11.9. The number of nitrogen functional groups attached to an aromatic ring is 1. The van der Waals surface area contributed by atoms with Gasteiger partial charge in [-0.15, -0.1) is 0 Å². The van der Waals surface area contributed by atoms with E-state index in [0.29, 0.717) is 33.1 Å². The standard InChI is InChI=1S/C15H11ClN6OS/c1-6-19-4-8-10(14(18)23)13(17)22(15(8)20-6)12-9(16)3-2-7-5-24-21-11(7)12/h2-5H,17H2,1H3,(H2,18,23). The molecule has 7 nitrogen and oxygen atoms in total. The van der Waals surface area contributed by atoms with Crippen LogP contribution in [0.4, 0.5) is 5.82 Å². The Labute approximate surface area is 145 Å². The van der Waals surface area contributed by atoms with Gasteiger partial charge < -0.3 is 11.5 Å². The van der Waals surface area contributed by atoms with Gasteiger partial charge in [0.1, 0.15) is 17.2 Å². The van der Waals surface area contributed by atoms with Crippen LogP contribution in [0.2, 0.25) is 5.02 Å². The Morgan fingerprint density at radius 1 is 1.38 bits per heavy atom. The van der Waals surface area contributed by atoms with Crippen molar-refractivity contribution >= 4 is 56.8 Å². The molecule has 0 spiro atoms. The fraction of sp³-hybridized carbons (Fsp3) is 0.0667. The Hall–Kier alpha value is -2.71. The van der Waals surface area contributed by atoms with E-state index in [1.54, 1.807) is 23.8 Å². The number of primary amides is 1. The van der Waals surface area contributed by atoms with E-state index in [9.17, 15) is 4.79 Å². The molecule has 3 aromatic heterocycles. The zero-order chi connectivity index (χ0) is 17.0. The third-order valence-corrected chi connectivity index (χ3v) is 4.75. The van der Waals surface area contributed by atoms with Crippen LogP contribution in [0.3, 0.4) is 0 Å². The van der Waals surface area contributed by atoms with E-state index in [0.717, 1.165) is 5.39 Å². The number of carbonyl (C=O) groups excluding carboxylic acids is 1. The molecular weight excluding hydrogens is 348 g/mol. The van der Waals surface area contributed by atoms with Gasteiger partial charge in [0.15, 0.2) is 5.65 Å². The van der Waals surface area contributed by atoms with Gasteiger partial charge in [-0.2, -0.15) is 4.37 Å². The van der Waals surface area contributed by atoms with E-state index in [4.69, 9.17) is 23.1 Å². The van der Waals surface area contributed by atoms with E-state index in [-0.39, 0.29) is 11.4 Å². The highest BCUT2D eigenvalue weighted by atomic mass is 35.5. The predicted octanol–water partition coefficient (Wildman–Crippen LogP) is 2.67. The number of hydrogen-bond donors (Lipinski definition) is 2. The van der Waals surface area contributed by atoms with Crippen molar-refractivity contribution in [1.29, 1.82) is 0 Å². The lowest BCUT2D eigenvalue weighted by atomic mass is 10.2. The van der Waals surface area contributed by atoms with Gasteiger partial charge >= 0.3 is 0 Å². The molecule has 120 valence electrons. The van der Waals surface area contributed by atoms with Crippen LogP contribution in [0.5, 0.6) is 0 Å². The van der Waals surface area contributed by atoms with Crippen molar-refractivity contribution in [3.05, 3.63) is 40.1 Å². The molecule has 0 aliphatic rings. The number of nitrogens with two attached hydrogens (primary N) is 2. The van der Waals surface area contributed by atoms with Crippen LogP contribution in [0.1, 0.15) is 16.2 Å². The molecule has 24 heavy (non-hydrogen) atoms. The number of rotatable bonds is 2. The molecule has 4 rings (SSSR count). The van der Waals surface area contributed by atoms with Gasteiger partial charge in [0.25, 0.3) is 5.91 Å². The van der Waals surface area contributed by atoms with Crippen LogP contribution < -0.4 is 11.5 Å². The molecule has 9 heteroatoms. The summed E-state index contributed by atoms with van der Waals surface area (Å²) < 4.78 is 6.02. The molecule has 0 unspecified atom stereocenters. The van der Waals surface area contributed by atoms with Crippen molar-refractivity contribution in [2.75, 3.05) is 5.73 Å². The van der Waals surface area contributed by atoms with E-state index >= 15 is 0 Å². The van der Waals surface area contributed by atoms with Gasteiger partial charge in [-0.25, -0.2) is 9.97 Å². The van der Waals surface area contributed by atoms with Crippen LogP contribution in [-0.4, -0.2) is 24.8 Å². The molecule has 0 atom stereocenters. The second kappa shape index (κ2) is 5.15. The number of amides is 1. The number of fused-ring (bicyclic) bond motifs is 2. The van der Waals surface area contributed by atoms with Crippen molar-refractivity contribution in [2.24, 2.45) is 5.73 Å². The second-order valence-electron chi connectivity index (χ2n) is 5.26. The van der Waals surface area contributed by atoms with Crippen LogP contribution >= 0.6 is 23.1 Å². The van der Waals surface area contributed by atoms with Gasteiger partial charge in [-0.05, 0) is 24.5 Å². The molecule has 0 aliphatic carbocycles. The molecule has 4 aromatic rings. The molecule has 3 heterocycles. The lowest BCUT2D eigenvalue weighted by Gasteiger charge is -2.10. The van der Waals surface area contributed by atoms with Gasteiger partial charge in [-0.1, -0.05) is 17.7 Å². The first kappa shape index (κ1) is 14.9. The molecule has 1 aromatic carbocycles. The Balaban J connectivity index is 2.23. The third kappa shape index (κ3) is 1.97.